The summed E-state index contributed by atoms with van der Waals surface area (Å²) in [7, 11) is 0. The zero-order valence-electron chi connectivity index (χ0n) is 16.3. The molecular weight excluding hydrogens is 358 g/mol. The average molecular weight is 381 g/mol. The molecule has 0 aliphatic carbocycles. The van der Waals surface area contributed by atoms with Gasteiger partial charge in [-0.2, -0.15) is 0 Å². The third-order valence-electron chi connectivity index (χ3n) is 4.60. The topological polar surface area (TPSA) is 93.3 Å². The number of rotatable bonds is 3. The van der Waals surface area contributed by atoms with Crippen molar-refractivity contribution < 1.29 is 14.0 Å². The summed E-state index contributed by atoms with van der Waals surface area (Å²) in [6.07, 6.45) is 0. The molecule has 3 rings (SSSR count). The molecule has 0 fully saturated rings. The average Bonchev–Trinajstić information content (AvgIpc) is 3.00. The van der Waals surface area contributed by atoms with Crippen LogP contribution in [0.3, 0.4) is 0 Å². The monoisotopic (exact) mass is 381 g/mol. The summed E-state index contributed by atoms with van der Waals surface area (Å²) in [5, 5.41) is 0. The lowest BCUT2D eigenvalue weighted by Crippen LogP contribution is -2.45. The molecule has 0 aliphatic rings. The first-order valence-electron chi connectivity index (χ1n) is 8.99. The number of carbonyl (C=O) groups is 2. The molecule has 146 valence electrons. The maximum absolute atomic E-state index is 12.4. The number of carbonyl (C=O) groups excluding carboxylic acids is 2. The molecule has 7 nitrogen and oxygen atoms in total. The fourth-order valence-electron chi connectivity index (χ4n) is 2.88. The second-order valence-corrected chi connectivity index (χ2v) is 7.65. The van der Waals surface area contributed by atoms with E-state index in [9.17, 15) is 14.4 Å². The Hall–Kier alpha value is -3.35. The number of oxazole rings is 1. The van der Waals surface area contributed by atoms with Gasteiger partial charge in [0.1, 0.15) is 6.04 Å². The first kappa shape index (κ1) is 19.4. The van der Waals surface area contributed by atoms with E-state index in [1.165, 1.54) is 4.57 Å². The third-order valence-corrected chi connectivity index (χ3v) is 4.60. The van der Waals surface area contributed by atoms with Crippen LogP contribution in [-0.4, -0.2) is 16.4 Å². The first-order valence-corrected chi connectivity index (χ1v) is 8.99. The van der Waals surface area contributed by atoms with E-state index >= 15 is 0 Å². The zero-order chi connectivity index (χ0) is 20.5. The van der Waals surface area contributed by atoms with E-state index in [-0.39, 0.29) is 5.41 Å². The minimum Gasteiger partial charge on any atom is -0.408 e. The Labute approximate surface area is 162 Å². The van der Waals surface area contributed by atoms with Gasteiger partial charge < -0.3 is 4.42 Å². The number of para-hydroxylation sites is 2. The smallest absolute Gasteiger partial charge is 0.408 e. The van der Waals surface area contributed by atoms with Crippen LogP contribution in [0, 0.1) is 0 Å². The standard InChI is InChI=1S/C21H23N3O4/c1-13(24-16-7-5-6-8-17(16)28-20(24)27)18(25)22-23-19(26)14-9-11-15(12-10-14)21(2,3)4/h5-13H,1-4H3,(H,22,25)(H,23,26). The number of hydrogen-bond donors (Lipinski definition) is 2. The van der Waals surface area contributed by atoms with Gasteiger partial charge in [0.15, 0.2) is 5.58 Å². The Bertz CT molecular complexity index is 1070. The predicted octanol–water partition coefficient (Wildman–Crippen LogP) is 2.91. The van der Waals surface area contributed by atoms with Crippen LogP contribution in [0.15, 0.2) is 57.7 Å². The molecule has 7 heteroatoms. The SMILES string of the molecule is CC(C(=O)NNC(=O)c1ccc(C(C)(C)C)cc1)n1c(=O)oc2ccccc21. The van der Waals surface area contributed by atoms with Gasteiger partial charge in [-0.1, -0.05) is 45.0 Å². The van der Waals surface area contributed by atoms with E-state index in [0.717, 1.165) is 5.56 Å². The van der Waals surface area contributed by atoms with Crippen LogP contribution in [0.2, 0.25) is 0 Å². The summed E-state index contributed by atoms with van der Waals surface area (Å²) >= 11 is 0. The summed E-state index contributed by atoms with van der Waals surface area (Å²) in [4.78, 5) is 36.8. The molecule has 3 aromatic rings. The van der Waals surface area contributed by atoms with Gasteiger partial charge in [0.25, 0.3) is 11.8 Å². The molecule has 1 heterocycles. The highest BCUT2D eigenvalue weighted by Crippen LogP contribution is 2.22. The molecular formula is C21H23N3O4. The molecule has 0 saturated heterocycles. The lowest BCUT2D eigenvalue weighted by atomic mass is 9.87. The number of benzene rings is 2. The summed E-state index contributed by atoms with van der Waals surface area (Å²) < 4.78 is 6.39. The van der Waals surface area contributed by atoms with Crippen LogP contribution in [-0.2, 0) is 10.2 Å². The van der Waals surface area contributed by atoms with Crippen LogP contribution < -0.4 is 16.6 Å². The van der Waals surface area contributed by atoms with E-state index in [1.54, 1.807) is 43.3 Å². The van der Waals surface area contributed by atoms with Gasteiger partial charge >= 0.3 is 5.76 Å². The zero-order valence-corrected chi connectivity index (χ0v) is 16.3. The van der Waals surface area contributed by atoms with Crippen molar-refractivity contribution in [3.8, 4) is 0 Å². The number of aromatic nitrogens is 1. The highest BCUT2D eigenvalue weighted by Gasteiger charge is 2.22. The number of hydrazine groups is 1. The molecule has 2 N–H and O–H groups in total. The number of amides is 2. The van der Waals surface area contributed by atoms with Crippen molar-refractivity contribution in [3.63, 3.8) is 0 Å². The quantitative estimate of drug-likeness (QED) is 0.682. The predicted molar refractivity (Wildman–Crippen MR) is 106 cm³/mol. The van der Waals surface area contributed by atoms with Crippen molar-refractivity contribution >= 4 is 22.9 Å². The van der Waals surface area contributed by atoms with Crippen LogP contribution >= 0.6 is 0 Å². The van der Waals surface area contributed by atoms with Gasteiger partial charge in [-0.15, -0.1) is 0 Å². The molecule has 1 unspecified atom stereocenters. The summed E-state index contributed by atoms with van der Waals surface area (Å²) in [5.74, 6) is -1.60. The Balaban J connectivity index is 1.68. The van der Waals surface area contributed by atoms with Gasteiger partial charge in [0.05, 0.1) is 5.52 Å². The Morgan fingerprint density at radius 1 is 1.00 bits per heavy atom. The fraction of sp³-hybridized carbons (Fsp3) is 0.286. The normalized spacial score (nSPS) is 12.6. The molecule has 0 bridgehead atoms. The number of nitrogens with zero attached hydrogens (tertiary/aromatic N) is 1. The maximum Gasteiger partial charge on any atom is 0.420 e. The van der Waals surface area contributed by atoms with E-state index in [2.05, 4.69) is 31.6 Å². The van der Waals surface area contributed by atoms with Crippen molar-refractivity contribution in [3.05, 3.63) is 70.2 Å². The molecule has 28 heavy (non-hydrogen) atoms. The number of fused-ring (bicyclic) bond motifs is 1. The summed E-state index contributed by atoms with van der Waals surface area (Å²) in [5.41, 5.74) is 7.17. The number of nitrogens with one attached hydrogen (secondary N) is 2. The lowest BCUT2D eigenvalue weighted by Gasteiger charge is -2.19. The van der Waals surface area contributed by atoms with Crippen molar-refractivity contribution in [2.24, 2.45) is 0 Å². The van der Waals surface area contributed by atoms with Gasteiger partial charge in [-0.3, -0.25) is 25.0 Å². The Kier molecular flexibility index (Phi) is 5.09. The second kappa shape index (κ2) is 7.34. The highest BCUT2D eigenvalue weighted by molar-refractivity contribution is 5.95. The minimum atomic E-state index is -0.861. The Morgan fingerprint density at radius 2 is 1.64 bits per heavy atom. The molecule has 1 atom stereocenters. The minimum absolute atomic E-state index is 0.0146. The molecule has 2 aromatic carbocycles. The highest BCUT2D eigenvalue weighted by atomic mass is 16.4. The molecule has 0 radical (unpaired) electrons. The van der Waals surface area contributed by atoms with Crippen LogP contribution in [0.25, 0.3) is 11.1 Å². The Morgan fingerprint density at radius 3 is 2.29 bits per heavy atom. The van der Waals surface area contributed by atoms with Crippen molar-refractivity contribution in [1.29, 1.82) is 0 Å². The van der Waals surface area contributed by atoms with E-state index < -0.39 is 23.6 Å². The number of hydrogen-bond acceptors (Lipinski definition) is 4. The first-order chi connectivity index (χ1) is 13.2. The largest absolute Gasteiger partial charge is 0.420 e. The fourth-order valence-corrected chi connectivity index (χ4v) is 2.88. The van der Waals surface area contributed by atoms with E-state index in [4.69, 9.17) is 4.42 Å². The van der Waals surface area contributed by atoms with Crippen LogP contribution in [0.1, 0.15) is 49.7 Å². The van der Waals surface area contributed by atoms with Gasteiger partial charge in [0.2, 0.25) is 0 Å². The second-order valence-electron chi connectivity index (χ2n) is 7.65. The summed E-state index contributed by atoms with van der Waals surface area (Å²) in [6.45, 7) is 7.82. The molecule has 1 aromatic heterocycles. The molecule has 2 amide bonds. The summed E-state index contributed by atoms with van der Waals surface area (Å²) in [6, 6.07) is 13.2. The van der Waals surface area contributed by atoms with Gasteiger partial charge in [-0.25, -0.2) is 4.79 Å². The van der Waals surface area contributed by atoms with Crippen molar-refractivity contribution in [1.82, 2.24) is 15.4 Å². The van der Waals surface area contributed by atoms with E-state index in [0.29, 0.717) is 16.7 Å². The lowest BCUT2D eigenvalue weighted by molar-refractivity contribution is -0.124. The van der Waals surface area contributed by atoms with Gasteiger partial charge in [0, 0.05) is 5.56 Å². The molecule has 0 aliphatic heterocycles. The molecule has 0 spiro atoms. The van der Waals surface area contributed by atoms with Crippen molar-refractivity contribution in [2.75, 3.05) is 0 Å². The maximum atomic E-state index is 12.4. The van der Waals surface area contributed by atoms with Gasteiger partial charge in [-0.05, 0) is 42.2 Å². The molecule has 0 saturated carbocycles. The van der Waals surface area contributed by atoms with E-state index in [1.807, 2.05) is 12.1 Å². The van der Waals surface area contributed by atoms with Crippen LogP contribution in [0.5, 0.6) is 0 Å². The van der Waals surface area contributed by atoms with Crippen molar-refractivity contribution in [2.45, 2.75) is 39.2 Å². The van der Waals surface area contributed by atoms with Crippen LogP contribution in [0.4, 0.5) is 0 Å². The third kappa shape index (κ3) is 3.83.